The average Bonchev–Trinajstić information content (AvgIpc) is 2.76. The molecule has 0 fully saturated rings. The van der Waals surface area contributed by atoms with Gasteiger partial charge >= 0.3 is 11.9 Å². The van der Waals surface area contributed by atoms with Crippen molar-refractivity contribution in [2.45, 2.75) is 0 Å². The minimum Gasteiger partial charge on any atom is -0.465 e. The number of hydrogen-bond donors (Lipinski definition) is 0. The van der Waals surface area contributed by atoms with Crippen molar-refractivity contribution in [3.63, 3.8) is 0 Å². The smallest absolute Gasteiger partial charge is 0.340 e. The first-order valence-electron chi connectivity index (χ1n) is 8.72. The quantitative estimate of drug-likeness (QED) is 0.610. The molecule has 0 atom stereocenters. The monoisotopic (exact) mass is 434 g/mol. The van der Waals surface area contributed by atoms with Crippen LogP contribution in [0.3, 0.4) is 0 Å². The van der Waals surface area contributed by atoms with Crippen molar-refractivity contribution in [3.05, 3.63) is 59.7 Å². The fraction of sp³-hybridized carbons (Fsp3) is 0.250. The molecule has 160 valence electrons. The minimum atomic E-state index is -4.15. The van der Waals surface area contributed by atoms with E-state index in [2.05, 4.69) is 4.74 Å². The van der Waals surface area contributed by atoms with Crippen LogP contribution in [0.4, 0.5) is 11.4 Å². The Morgan fingerprint density at radius 1 is 0.800 bits per heavy atom. The number of methoxy groups -OCH3 is 2. The Morgan fingerprint density at radius 3 is 1.73 bits per heavy atom. The van der Waals surface area contributed by atoms with Crippen LogP contribution >= 0.6 is 0 Å². The summed E-state index contributed by atoms with van der Waals surface area (Å²) >= 11 is 0. The molecule has 0 aliphatic carbocycles. The van der Waals surface area contributed by atoms with E-state index in [1.54, 1.807) is 24.3 Å². The van der Waals surface area contributed by atoms with Crippen molar-refractivity contribution < 1.29 is 32.3 Å². The van der Waals surface area contributed by atoms with Gasteiger partial charge in [-0.15, -0.1) is 0 Å². The molecule has 0 spiro atoms. The van der Waals surface area contributed by atoms with E-state index in [0.717, 1.165) is 9.21 Å². The second-order valence-electron chi connectivity index (χ2n) is 6.19. The highest BCUT2D eigenvalue weighted by Gasteiger charge is 2.29. The van der Waals surface area contributed by atoms with Crippen molar-refractivity contribution in [1.82, 2.24) is 0 Å². The number of carbonyl (C=O) groups is 3. The number of rotatable bonds is 7. The number of nitrogens with zero attached hydrogens (tertiary/aromatic N) is 2. The number of para-hydroxylation sites is 2. The van der Waals surface area contributed by atoms with Crippen LogP contribution in [-0.4, -0.2) is 60.3 Å². The molecule has 0 heterocycles. The van der Waals surface area contributed by atoms with Crippen LogP contribution in [-0.2, 0) is 24.3 Å². The van der Waals surface area contributed by atoms with Crippen molar-refractivity contribution in [1.29, 1.82) is 0 Å². The highest BCUT2D eigenvalue weighted by atomic mass is 32.2. The van der Waals surface area contributed by atoms with E-state index in [1.807, 2.05) is 0 Å². The zero-order chi connectivity index (χ0) is 22.5. The van der Waals surface area contributed by atoms with Crippen LogP contribution < -0.4 is 9.21 Å². The summed E-state index contributed by atoms with van der Waals surface area (Å²) in [6.07, 6.45) is 0. The highest BCUT2D eigenvalue weighted by Crippen LogP contribution is 2.24. The molecule has 1 amide bonds. The zero-order valence-electron chi connectivity index (χ0n) is 17.0. The Balaban J connectivity index is 2.31. The number of amides is 1. The van der Waals surface area contributed by atoms with Crippen molar-refractivity contribution >= 4 is 39.2 Å². The molecular formula is C20H22N2O7S. The zero-order valence-corrected chi connectivity index (χ0v) is 17.8. The van der Waals surface area contributed by atoms with Gasteiger partial charge in [-0.1, -0.05) is 24.3 Å². The lowest BCUT2D eigenvalue weighted by Gasteiger charge is -2.24. The molecule has 0 aliphatic heterocycles. The molecule has 30 heavy (non-hydrogen) atoms. The predicted octanol–water partition coefficient (Wildman–Crippen LogP) is 1.69. The number of benzene rings is 2. The summed E-state index contributed by atoms with van der Waals surface area (Å²) in [6, 6.07) is 12.2. The highest BCUT2D eigenvalue weighted by molar-refractivity contribution is 7.93. The molecular weight excluding hydrogens is 412 g/mol. The largest absolute Gasteiger partial charge is 0.465 e. The van der Waals surface area contributed by atoms with Gasteiger partial charge < -0.3 is 14.4 Å². The van der Waals surface area contributed by atoms with E-state index in [1.165, 1.54) is 52.6 Å². The average molecular weight is 434 g/mol. The van der Waals surface area contributed by atoms with Crippen molar-refractivity contribution in [2.24, 2.45) is 0 Å². The summed E-state index contributed by atoms with van der Waals surface area (Å²) in [7, 11) is 0.848. The van der Waals surface area contributed by atoms with Crippen LogP contribution in [0.15, 0.2) is 48.5 Å². The van der Waals surface area contributed by atoms with E-state index >= 15 is 0 Å². The molecule has 0 aromatic heterocycles. The molecule has 0 N–H and O–H groups in total. The SMILES string of the molecule is COC(=O)c1ccccc1N(C)C(=O)CS(=O)(=O)N(C)c1ccccc1C(=O)OC. The van der Waals surface area contributed by atoms with Gasteiger partial charge in [0, 0.05) is 14.1 Å². The number of esters is 2. The standard InChI is InChI=1S/C20H22N2O7S/c1-21(16-11-7-5-9-14(16)19(24)28-3)18(23)13-30(26,27)22(2)17-12-8-6-10-15(17)20(25)29-4/h5-12H,13H2,1-4H3. The maximum absolute atomic E-state index is 12.8. The summed E-state index contributed by atoms with van der Waals surface area (Å²) in [6.45, 7) is 0. The van der Waals surface area contributed by atoms with Gasteiger partial charge in [-0.25, -0.2) is 18.0 Å². The number of hydrogen-bond acceptors (Lipinski definition) is 7. The summed E-state index contributed by atoms with van der Waals surface area (Å²) < 4.78 is 35.9. The molecule has 2 aromatic rings. The fourth-order valence-electron chi connectivity index (χ4n) is 2.71. The lowest BCUT2D eigenvalue weighted by atomic mass is 10.1. The van der Waals surface area contributed by atoms with Gasteiger partial charge in [-0.05, 0) is 24.3 Å². The van der Waals surface area contributed by atoms with Crippen LogP contribution in [0.1, 0.15) is 20.7 Å². The Kier molecular flexibility index (Phi) is 7.17. The summed E-state index contributed by atoms with van der Waals surface area (Å²) in [5.41, 5.74) is 0.456. The molecule has 2 aromatic carbocycles. The molecule has 0 radical (unpaired) electrons. The van der Waals surface area contributed by atoms with Crippen LogP contribution in [0.25, 0.3) is 0 Å². The maximum atomic E-state index is 12.8. The lowest BCUT2D eigenvalue weighted by Crippen LogP contribution is -2.39. The number of carbonyl (C=O) groups excluding carboxylic acids is 3. The minimum absolute atomic E-state index is 0.0444. The molecule has 0 unspecified atom stereocenters. The first-order chi connectivity index (χ1) is 14.1. The second-order valence-corrected chi connectivity index (χ2v) is 8.19. The number of sulfonamides is 1. The second kappa shape index (κ2) is 9.40. The van der Waals surface area contributed by atoms with Crippen molar-refractivity contribution in [3.8, 4) is 0 Å². The molecule has 0 aliphatic rings. The van der Waals surface area contributed by atoms with E-state index < -0.39 is 33.6 Å². The van der Waals surface area contributed by atoms with Crippen LogP contribution in [0.5, 0.6) is 0 Å². The van der Waals surface area contributed by atoms with Crippen LogP contribution in [0.2, 0.25) is 0 Å². The van der Waals surface area contributed by atoms with Crippen LogP contribution in [0, 0.1) is 0 Å². The number of ether oxygens (including phenoxy) is 2. The first-order valence-corrected chi connectivity index (χ1v) is 10.3. The summed E-state index contributed by atoms with van der Waals surface area (Å²) in [5, 5.41) is 0. The molecule has 0 saturated heterocycles. The van der Waals surface area contributed by atoms with Gasteiger partial charge in [0.2, 0.25) is 15.9 Å². The maximum Gasteiger partial charge on any atom is 0.340 e. The predicted molar refractivity (Wildman–Crippen MR) is 111 cm³/mol. The molecule has 10 heteroatoms. The normalized spacial score (nSPS) is 10.8. The topological polar surface area (TPSA) is 110 Å². The van der Waals surface area contributed by atoms with Gasteiger partial charge in [-0.2, -0.15) is 0 Å². The van der Waals surface area contributed by atoms with Crippen molar-refractivity contribution in [2.75, 3.05) is 43.3 Å². The van der Waals surface area contributed by atoms with Gasteiger partial charge in [0.05, 0.1) is 36.7 Å². The fourth-order valence-corrected chi connectivity index (χ4v) is 3.87. The van der Waals surface area contributed by atoms with Gasteiger partial charge in [0.1, 0.15) is 5.75 Å². The number of anilines is 2. The third-order valence-corrected chi connectivity index (χ3v) is 6.06. The van der Waals surface area contributed by atoms with E-state index in [9.17, 15) is 22.8 Å². The molecule has 9 nitrogen and oxygen atoms in total. The molecule has 0 bridgehead atoms. The van der Waals surface area contributed by atoms with E-state index in [4.69, 9.17) is 4.74 Å². The Morgan fingerprint density at radius 2 is 1.23 bits per heavy atom. The van der Waals surface area contributed by atoms with Gasteiger partial charge in [-0.3, -0.25) is 9.10 Å². The molecule has 2 rings (SSSR count). The van der Waals surface area contributed by atoms with Gasteiger partial charge in [0.25, 0.3) is 0 Å². The first kappa shape index (κ1) is 22.9. The summed E-state index contributed by atoms with van der Waals surface area (Å²) in [5.74, 6) is -3.01. The molecule has 0 saturated carbocycles. The third-order valence-electron chi connectivity index (χ3n) is 4.42. The van der Waals surface area contributed by atoms with E-state index in [-0.39, 0.29) is 22.5 Å². The van der Waals surface area contributed by atoms with E-state index in [0.29, 0.717) is 0 Å². The van der Waals surface area contributed by atoms with Gasteiger partial charge in [0.15, 0.2) is 0 Å². The lowest BCUT2D eigenvalue weighted by molar-refractivity contribution is -0.115. The summed E-state index contributed by atoms with van der Waals surface area (Å²) in [4.78, 5) is 37.7. The Hall–Kier alpha value is -3.40. The Labute approximate surface area is 174 Å². The third kappa shape index (κ3) is 4.77. The Bertz CT molecular complexity index is 1070.